The first-order valence-corrected chi connectivity index (χ1v) is 7.90. The summed E-state index contributed by atoms with van der Waals surface area (Å²) in [4.78, 5) is 12.1. The Morgan fingerprint density at radius 1 is 1.33 bits per heavy atom. The molecule has 0 saturated heterocycles. The Balaban J connectivity index is 2.09. The van der Waals surface area contributed by atoms with E-state index in [4.69, 9.17) is 4.74 Å². The van der Waals surface area contributed by atoms with Crippen molar-refractivity contribution in [2.24, 2.45) is 0 Å². The molecule has 2 N–H and O–H groups in total. The van der Waals surface area contributed by atoms with Crippen molar-refractivity contribution in [3.63, 3.8) is 0 Å². The second kappa shape index (κ2) is 7.33. The number of carbonyl (C=O) groups excluding carboxylic acids is 1. The van der Waals surface area contributed by atoms with Gasteiger partial charge in [0, 0.05) is 12.6 Å². The number of rotatable bonds is 5. The van der Waals surface area contributed by atoms with Crippen LogP contribution in [0, 0.1) is 19.7 Å². The summed E-state index contributed by atoms with van der Waals surface area (Å²) in [5, 5.41) is 9.56. The van der Waals surface area contributed by atoms with E-state index >= 15 is 0 Å². The fraction of sp³-hybridized carbons (Fsp3) is 0.412. The molecule has 0 spiro atoms. The van der Waals surface area contributed by atoms with Gasteiger partial charge in [0.25, 0.3) is 0 Å². The van der Waals surface area contributed by atoms with Gasteiger partial charge in [-0.15, -0.1) is 0 Å². The van der Waals surface area contributed by atoms with Crippen molar-refractivity contribution < 1.29 is 13.9 Å². The number of aromatic nitrogens is 2. The highest BCUT2D eigenvalue weighted by Crippen LogP contribution is 2.23. The molecule has 0 fully saturated rings. The van der Waals surface area contributed by atoms with Crippen LogP contribution in [0.25, 0.3) is 0 Å². The molecule has 2 amide bonds. The monoisotopic (exact) mass is 334 g/mol. The molecule has 24 heavy (non-hydrogen) atoms. The van der Waals surface area contributed by atoms with Crippen molar-refractivity contribution in [3.8, 4) is 5.75 Å². The number of hydrogen-bond donors (Lipinski definition) is 2. The first kappa shape index (κ1) is 17.8. The zero-order valence-electron chi connectivity index (χ0n) is 14.6. The number of amides is 2. The maximum absolute atomic E-state index is 14.1. The predicted molar refractivity (Wildman–Crippen MR) is 92.2 cm³/mol. The number of nitrogens with one attached hydrogen (secondary N) is 2. The van der Waals surface area contributed by atoms with Gasteiger partial charge >= 0.3 is 6.03 Å². The minimum absolute atomic E-state index is 0.0486. The van der Waals surface area contributed by atoms with E-state index in [1.54, 1.807) is 10.7 Å². The summed E-state index contributed by atoms with van der Waals surface area (Å²) in [6, 6.07) is 3.82. The lowest BCUT2D eigenvalue weighted by Gasteiger charge is -2.12. The van der Waals surface area contributed by atoms with Crippen LogP contribution in [-0.4, -0.2) is 21.9 Å². The second-order valence-corrected chi connectivity index (χ2v) is 5.75. The fourth-order valence-electron chi connectivity index (χ4n) is 2.40. The minimum atomic E-state index is -0.555. The van der Waals surface area contributed by atoms with E-state index in [-0.39, 0.29) is 11.8 Å². The van der Waals surface area contributed by atoms with E-state index in [1.165, 1.54) is 12.1 Å². The average Bonchev–Trinajstić information content (AvgIpc) is 2.77. The third-order valence-electron chi connectivity index (χ3n) is 3.48. The number of urea groups is 1. The first-order valence-electron chi connectivity index (χ1n) is 7.90. The topological polar surface area (TPSA) is 68.2 Å². The third-order valence-corrected chi connectivity index (χ3v) is 3.48. The average molecular weight is 334 g/mol. The van der Waals surface area contributed by atoms with Crippen molar-refractivity contribution in [2.45, 2.75) is 47.3 Å². The van der Waals surface area contributed by atoms with E-state index in [0.29, 0.717) is 23.7 Å². The van der Waals surface area contributed by atoms with Crippen molar-refractivity contribution >= 4 is 17.4 Å². The molecule has 0 saturated carbocycles. The van der Waals surface area contributed by atoms with Crippen LogP contribution in [0.15, 0.2) is 18.2 Å². The highest BCUT2D eigenvalue weighted by atomic mass is 19.1. The standard InChI is InChI=1S/C17H23FN4O2/c1-6-22-12(5)16(11(4)21-22)20-17(23)19-15-8-7-13(9-14(15)18)24-10(2)3/h7-10H,6H2,1-5H3,(H2,19,20,23). The number of benzene rings is 1. The van der Waals surface area contributed by atoms with Crippen LogP contribution in [0.1, 0.15) is 32.2 Å². The SMILES string of the molecule is CCn1nc(C)c(NC(=O)Nc2ccc(OC(C)C)cc2F)c1C. The van der Waals surface area contributed by atoms with Gasteiger partial charge in [-0.25, -0.2) is 9.18 Å². The maximum Gasteiger partial charge on any atom is 0.323 e. The summed E-state index contributed by atoms with van der Waals surface area (Å²) in [6.45, 7) is 10.1. The van der Waals surface area contributed by atoms with Crippen LogP contribution >= 0.6 is 0 Å². The van der Waals surface area contributed by atoms with E-state index < -0.39 is 11.8 Å². The van der Waals surface area contributed by atoms with Gasteiger partial charge in [0.05, 0.1) is 28.9 Å². The summed E-state index contributed by atoms with van der Waals surface area (Å²) >= 11 is 0. The molecule has 6 nitrogen and oxygen atoms in total. The molecule has 1 heterocycles. The lowest BCUT2D eigenvalue weighted by Crippen LogP contribution is -2.21. The molecule has 0 radical (unpaired) electrons. The Labute approximate surface area is 141 Å². The van der Waals surface area contributed by atoms with Crippen molar-refractivity contribution in [1.82, 2.24) is 9.78 Å². The zero-order chi connectivity index (χ0) is 17.9. The van der Waals surface area contributed by atoms with Gasteiger partial charge in [0.15, 0.2) is 0 Å². The van der Waals surface area contributed by atoms with Crippen LogP contribution in [0.5, 0.6) is 5.75 Å². The minimum Gasteiger partial charge on any atom is -0.491 e. The first-order chi connectivity index (χ1) is 11.3. The molecule has 0 aliphatic rings. The summed E-state index contributed by atoms with van der Waals surface area (Å²) in [7, 11) is 0. The van der Waals surface area contributed by atoms with Gasteiger partial charge in [0.2, 0.25) is 0 Å². The Morgan fingerprint density at radius 2 is 2.04 bits per heavy atom. The highest BCUT2D eigenvalue weighted by Gasteiger charge is 2.15. The molecular formula is C17H23FN4O2. The molecule has 130 valence electrons. The number of anilines is 2. The van der Waals surface area contributed by atoms with Gasteiger partial charge in [-0.2, -0.15) is 5.10 Å². The summed E-state index contributed by atoms with van der Waals surface area (Å²) < 4.78 is 21.3. The van der Waals surface area contributed by atoms with Gasteiger partial charge in [0.1, 0.15) is 11.6 Å². The molecule has 7 heteroatoms. The number of nitrogens with zero attached hydrogens (tertiary/aromatic N) is 2. The lowest BCUT2D eigenvalue weighted by atomic mass is 10.3. The quantitative estimate of drug-likeness (QED) is 0.865. The zero-order valence-corrected chi connectivity index (χ0v) is 14.6. The number of aryl methyl sites for hydroxylation is 2. The molecule has 1 aromatic carbocycles. The molecular weight excluding hydrogens is 311 g/mol. The summed E-state index contributed by atoms with van der Waals surface area (Å²) in [5.41, 5.74) is 2.29. The summed E-state index contributed by atoms with van der Waals surface area (Å²) in [6.07, 6.45) is -0.0486. The second-order valence-electron chi connectivity index (χ2n) is 5.75. The molecule has 1 aromatic heterocycles. The van der Waals surface area contributed by atoms with Gasteiger partial charge < -0.3 is 15.4 Å². The smallest absolute Gasteiger partial charge is 0.323 e. The number of ether oxygens (including phenoxy) is 1. The van der Waals surface area contributed by atoms with Crippen LogP contribution < -0.4 is 15.4 Å². The number of carbonyl (C=O) groups is 1. The van der Waals surface area contributed by atoms with Crippen LogP contribution in [-0.2, 0) is 6.54 Å². The van der Waals surface area contributed by atoms with Gasteiger partial charge in [-0.3, -0.25) is 4.68 Å². The molecule has 0 aliphatic carbocycles. The van der Waals surface area contributed by atoms with Crippen molar-refractivity contribution in [3.05, 3.63) is 35.4 Å². The van der Waals surface area contributed by atoms with Crippen molar-refractivity contribution in [1.29, 1.82) is 0 Å². The predicted octanol–water partition coefficient (Wildman–Crippen LogP) is 4.09. The third kappa shape index (κ3) is 4.04. The number of halogens is 1. The fourth-order valence-corrected chi connectivity index (χ4v) is 2.40. The normalized spacial score (nSPS) is 10.8. The molecule has 0 aliphatic heterocycles. The van der Waals surface area contributed by atoms with E-state index in [2.05, 4.69) is 15.7 Å². The largest absolute Gasteiger partial charge is 0.491 e. The van der Waals surface area contributed by atoms with E-state index in [9.17, 15) is 9.18 Å². The Hall–Kier alpha value is -2.57. The molecule has 0 unspecified atom stereocenters. The lowest BCUT2D eigenvalue weighted by molar-refractivity contribution is 0.241. The van der Waals surface area contributed by atoms with E-state index in [1.807, 2.05) is 34.6 Å². The Bertz CT molecular complexity index is 740. The van der Waals surface area contributed by atoms with E-state index in [0.717, 1.165) is 5.69 Å². The molecule has 0 bridgehead atoms. The summed E-state index contributed by atoms with van der Waals surface area (Å²) in [5.74, 6) is -0.134. The van der Waals surface area contributed by atoms with Crippen LogP contribution in [0.4, 0.5) is 20.6 Å². The molecule has 2 aromatic rings. The Kier molecular flexibility index (Phi) is 5.43. The molecule has 2 rings (SSSR count). The van der Waals surface area contributed by atoms with Gasteiger partial charge in [-0.1, -0.05) is 0 Å². The highest BCUT2D eigenvalue weighted by molar-refractivity contribution is 6.00. The Morgan fingerprint density at radius 3 is 2.58 bits per heavy atom. The van der Waals surface area contributed by atoms with Crippen LogP contribution in [0.2, 0.25) is 0 Å². The number of hydrogen-bond acceptors (Lipinski definition) is 3. The van der Waals surface area contributed by atoms with Crippen molar-refractivity contribution in [2.75, 3.05) is 10.6 Å². The maximum atomic E-state index is 14.1. The molecule has 0 atom stereocenters. The van der Waals surface area contributed by atoms with Gasteiger partial charge in [-0.05, 0) is 46.8 Å². The van der Waals surface area contributed by atoms with Crippen LogP contribution in [0.3, 0.4) is 0 Å².